The summed E-state index contributed by atoms with van der Waals surface area (Å²) in [6.45, 7) is 5.31. The standard InChI is InChI=1S/C20H23N3O/c1-15(2)17-10-8-16(9-11-17)13-23(3)14-20(24)22-19-7-5-4-6-18(19)12-21/h4-11,15H,13-14H2,1-3H3,(H,22,24). The molecule has 0 unspecified atom stereocenters. The van der Waals surface area contributed by atoms with Crippen LogP contribution in [0.5, 0.6) is 0 Å². The number of hydrogen-bond acceptors (Lipinski definition) is 3. The van der Waals surface area contributed by atoms with Crippen LogP contribution in [0.1, 0.15) is 36.5 Å². The zero-order valence-electron chi connectivity index (χ0n) is 14.4. The summed E-state index contributed by atoms with van der Waals surface area (Å²) in [7, 11) is 1.91. The molecule has 0 atom stereocenters. The van der Waals surface area contributed by atoms with Crippen LogP contribution in [0.25, 0.3) is 0 Å². The number of rotatable bonds is 6. The van der Waals surface area contributed by atoms with Crippen LogP contribution in [0.4, 0.5) is 5.69 Å². The monoisotopic (exact) mass is 321 g/mol. The molecule has 0 heterocycles. The van der Waals surface area contributed by atoms with E-state index >= 15 is 0 Å². The number of carbonyl (C=O) groups excluding carboxylic acids is 1. The Hall–Kier alpha value is -2.64. The molecular weight excluding hydrogens is 298 g/mol. The fraction of sp³-hybridized carbons (Fsp3) is 0.300. The number of anilines is 1. The zero-order chi connectivity index (χ0) is 17.5. The minimum absolute atomic E-state index is 0.126. The molecule has 0 aromatic heterocycles. The van der Waals surface area contributed by atoms with Crippen molar-refractivity contribution in [2.24, 2.45) is 0 Å². The molecule has 4 nitrogen and oxygen atoms in total. The maximum atomic E-state index is 12.2. The molecule has 0 saturated heterocycles. The first-order chi connectivity index (χ1) is 11.5. The second kappa shape index (κ2) is 8.28. The number of nitrogens with zero attached hydrogens (tertiary/aromatic N) is 2. The summed E-state index contributed by atoms with van der Waals surface area (Å²) in [5, 5.41) is 11.9. The van der Waals surface area contributed by atoms with Gasteiger partial charge < -0.3 is 5.32 Å². The third-order valence-electron chi connectivity index (χ3n) is 3.83. The summed E-state index contributed by atoms with van der Waals surface area (Å²) >= 11 is 0. The smallest absolute Gasteiger partial charge is 0.238 e. The van der Waals surface area contributed by atoms with Crippen LogP contribution in [0.3, 0.4) is 0 Å². The first-order valence-corrected chi connectivity index (χ1v) is 8.06. The average molecular weight is 321 g/mol. The summed E-state index contributed by atoms with van der Waals surface area (Å²) in [6, 6.07) is 17.6. The minimum Gasteiger partial charge on any atom is -0.324 e. The molecule has 0 bridgehead atoms. The normalized spacial score (nSPS) is 10.7. The van der Waals surface area contributed by atoms with Crippen molar-refractivity contribution in [3.8, 4) is 6.07 Å². The Balaban J connectivity index is 1.91. The van der Waals surface area contributed by atoms with Gasteiger partial charge in [-0.3, -0.25) is 9.69 Å². The molecule has 0 aliphatic heterocycles. The number of amides is 1. The van der Waals surface area contributed by atoms with Crippen LogP contribution >= 0.6 is 0 Å². The number of hydrogen-bond donors (Lipinski definition) is 1. The van der Waals surface area contributed by atoms with Gasteiger partial charge >= 0.3 is 0 Å². The van der Waals surface area contributed by atoms with Gasteiger partial charge in [0.15, 0.2) is 0 Å². The van der Waals surface area contributed by atoms with Gasteiger partial charge in [0.2, 0.25) is 5.91 Å². The lowest BCUT2D eigenvalue weighted by Crippen LogP contribution is -2.30. The number of para-hydroxylation sites is 1. The highest BCUT2D eigenvalue weighted by molar-refractivity contribution is 5.93. The van der Waals surface area contributed by atoms with Gasteiger partial charge in [0, 0.05) is 6.54 Å². The number of nitriles is 1. The topological polar surface area (TPSA) is 56.1 Å². The molecule has 1 amide bonds. The van der Waals surface area contributed by atoms with E-state index in [1.54, 1.807) is 24.3 Å². The molecule has 24 heavy (non-hydrogen) atoms. The van der Waals surface area contributed by atoms with E-state index in [1.807, 2.05) is 11.9 Å². The van der Waals surface area contributed by atoms with E-state index in [4.69, 9.17) is 5.26 Å². The predicted molar refractivity (Wildman–Crippen MR) is 96.7 cm³/mol. The maximum absolute atomic E-state index is 12.2. The summed E-state index contributed by atoms with van der Waals surface area (Å²) in [4.78, 5) is 14.1. The third kappa shape index (κ3) is 4.94. The van der Waals surface area contributed by atoms with E-state index < -0.39 is 0 Å². The maximum Gasteiger partial charge on any atom is 0.238 e. The zero-order valence-corrected chi connectivity index (χ0v) is 14.4. The Morgan fingerprint density at radius 3 is 2.46 bits per heavy atom. The summed E-state index contributed by atoms with van der Waals surface area (Å²) < 4.78 is 0. The highest BCUT2D eigenvalue weighted by atomic mass is 16.2. The molecule has 0 fully saturated rings. The Morgan fingerprint density at radius 2 is 1.83 bits per heavy atom. The fourth-order valence-corrected chi connectivity index (χ4v) is 2.50. The quantitative estimate of drug-likeness (QED) is 0.881. The van der Waals surface area contributed by atoms with Crippen LogP contribution in [0, 0.1) is 11.3 Å². The molecule has 2 aromatic rings. The van der Waals surface area contributed by atoms with E-state index in [0.717, 1.165) is 0 Å². The summed E-state index contributed by atoms with van der Waals surface area (Å²) in [6.07, 6.45) is 0. The number of nitrogens with one attached hydrogen (secondary N) is 1. The van der Waals surface area contributed by atoms with Crippen molar-refractivity contribution in [3.63, 3.8) is 0 Å². The Morgan fingerprint density at radius 1 is 1.17 bits per heavy atom. The van der Waals surface area contributed by atoms with Crippen molar-refractivity contribution >= 4 is 11.6 Å². The number of likely N-dealkylation sites (N-methyl/N-ethyl adjacent to an activating group) is 1. The molecule has 0 radical (unpaired) electrons. The molecule has 0 saturated carbocycles. The van der Waals surface area contributed by atoms with Crippen molar-refractivity contribution in [3.05, 3.63) is 65.2 Å². The lowest BCUT2D eigenvalue weighted by molar-refractivity contribution is -0.117. The highest BCUT2D eigenvalue weighted by Gasteiger charge is 2.10. The van der Waals surface area contributed by atoms with Crippen molar-refractivity contribution in [1.29, 1.82) is 5.26 Å². The van der Waals surface area contributed by atoms with Gasteiger partial charge in [-0.25, -0.2) is 0 Å². The number of carbonyl (C=O) groups is 1. The van der Waals surface area contributed by atoms with E-state index in [0.29, 0.717) is 23.7 Å². The predicted octanol–water partition coefficient (Wildman–Crippen LogP) is 3.75. The molecule has 2 aromatic carbocycles. The second-order valence-corrected chi connectivity index (χ2v) is 6.27. The van der Waals surface area contributed by atoms with E-state index in [1.165, 1.54) is 11.1 Å². The fourth-order valence-electron chi connectivity index (χ4n) is 2.50. The second-order valence-electron chi connectivity index (χ2n) is 6.27. The summed E-state index contributed by atoms with van der Waals surface area (Å²) in [5.74, 6) is 0.391. The van der Waals surface area contributed by atoms with Crippen LogP contribution < -0.4 is 5.32 Å². The van der Waals surface area contributed by atoms with Crippen LogP contribution in [-0.2, 0) is 11.3 Å². The van der Waals surface area contributed by atoms with Gasteiger partial charge in [0.25, 0.3) is 0 Å². The molecule has 2 rings (SSSR count). The third-order valence-corrected chi connectivity index (χ3v) is 3.83. The van der Waals surface area contributed by atoms with Crippen molar-refractivity contribution in [2.75, 3.05) is 18.9 Å². The summed E-state index contributed by atoms with van der Waals surface area (Å²) in [5.41, 5.74) is 3.51. The van der Waals surface area contributed by atoms with Gasteiger partial charge in [0.05, 0.1) is 17.8 Å². The Labute approximate surface area is 143 Å². The van der Waals surface area contributed by atoms with Gasteiger partial charge in [-0.2, -0.15) is 5.26 Å². The van der Waals surface area contributed by atoms with Crippen LogP contribution in [0.2, 0.25) is 0 Å². The van der Waals surface area contributed by atoms with E-state index in [9.17, 15) is 4.79 Å². The van der Waals surface area contributed by atoms with Crippen LogP contribution in [0.15, 0.2) is 48.5 Å². The van der Waals surface area contributed by atoms with Crippen molar-refractivity contribution in [1.82, 2.24) is 4.90 Å². The van der Waals surface area contributed by atoms with E-state index in [2.05, 4.69) is 49.5 Å². The average Bonchev–Trinajstić information content (AvgIpc) is 2.55. The molecule has 1 N–H and O–H groups in total. The first kappa shape index (κ1) is 17.7. The molecule has 0 aliphatic carbocycles. The Kier molecular flexibility index (Phi) is 6.11. The van der Waals surface area contributed by atoms with E-state index in [-0.39, 0.29) is 12.5 Å². The van der Waals surface area contributed by atoms with Gasteiger partial charge in [-0.05, 0) is 36.2 Å². The number of benzene rings is 2. The van der Waals surface area contributed by atoms with Gasteiger partial charge in [-0.1, -0.05) is 50.2 Å². The SMILES string of the molecule is CC(C)c1ccc(CN(C)CC(=O)Nc2ccccc2C#N)cc1. The van der Waals surface area contributed by atoms with Crippen molar-refractivity contribution < 1.29 is 4.79 Å². The first-order valence-electron chi connectivity index (χ1n) is 8.06. The molecular formula is C20H23N3O. The largest absolute Gasteiger partial charge is 0.324 e. The van der Waals surface area contributed by atoms with Gasteiger partial charge in [-0.15, -0.1) is 0 Å². The molecule has 4 heteroatoms. The lowest BCUT2D eigenvalue weighted by Gasteiger charge is -2.17. The van der Waals surface area contributed by atoms with Gasteiger partial charge in [0.1, 0.15) is 6.07 Å². The molecule has 0 spiro atoms. The van der Waals surface area contributed by atoms with Crippen molar-refractivity contribution in [2.45, 2.75) is 26.3 Å². The molecule has 124 valence electrons. The highest BCUT2D eigenvalue weighted by Crippen LogP contribution is 2.16. The van der Waals surface area contributed by atoms with Crippen LogP contribution in [-0.4, -0.2) is 24.4 Å². The Bertz CT molecular complexity index is 729. The lowest BCUT2D eigenvalue weighted by atomic mass is 10.0. The molecule has 0 aliphatic rings. The minimum atomic E-state index is -0.126.